The molecule has 9 nitrogen and oxygen atoms in total. The van der Waals surface area contributed by atoms with Gasteiger partial charge in [-0.3, -0.25) is 9.59 Å². The van der Waals surface area contributed by atoms with Crippen molar-refractivity contribution in [2.45, 2.75) is 386 Å². The number of carboxylic acid groups (broad SMARTS) is 1. The van der Waals surface area contributed by atoms with Crippen molar-refractivity contribution in [1.82, 2.24) is 0 Å². The van der Waals surface area contributed by atoms with Crippen molar-refractivity contribution in [1.29, 1.82) is 0 Å². The monoisotopic (exact) mass is 1250 g/mol. The van der Waals surface area contributed by atoms with Crippen molar-refractivity contribution < 1.29 is 42.9 Å². The number of hydrogen-bond acceptors (Lipinski definition) is 7. The van der Waals surface area contributed by atoms with E-state index >= 15 is 0 Å². The van der Waals surface area contributed by atoms with Gasteiger partial charge in [0.1, 0.15) is 13.2 Å². The lowest BCUT2D eigenvalue weighted by Crippen LogP contribution is -2.40. The Morgan fingerprint density at radius 3 is 0.955 bits per heavy atom. The highest BCUT2D eigenvalue weighted by molar-refractivity contribution is 5.71. The molecule has 2 unspecified atom stereocenters. The molecule has 0 spiro atoms. The van der Waals surface area contributed by atoms with Crippen LogP contribution in [0.4, 0.5) is 0 Å². The molecule has 0 aromatic carbocycles. The number of esters is 2. The molecule has 9 heteroatoms. The Bertz CT molecular complexity index is 1650. The molecule has 0 amide bonds. The fraction of sp³-hybridized carbons (Fsp3) is 0.838. The van der Waals surface area contributed by atoms with Gasteiger partial charge in [0.15, 0.2) is 6.10 Å². The number of rotatable bonds is 72. The average Bonchev–Trinajstić information content (AvgIpc) is 3.71. The molecule has 89 heavy (non-hydrogen) atoms. The second-order valence-electron chi connectivity index (χ2n) is 27.3. The Hall–Kier alpha value is -3.01. The van der Waals surface area contributed by atoms with Crippen molar-refractivity contribution in [3.63, 3.8) is 0 Å². The summed E-state index contributed by atoms with van der Waals surface area (Å²) in [4.78, 5) is 37.7. The Labute approximate surface area is 552 Å². The maximum Gasteiger partial charge on any atom is 0.361 e. The Morgan fingerprint density at radius 1 is 0.348 bits per heavy atom. The van der Waals surface area contributed by atoms with Gasteiger partial charge in [-0.15, -0.1) is 0 Å². The lowest BCUT2D eigenvalue weighted by Gasteiger charge is -2.25. The molecule has 0 rings (SSSR count). The molecule has 0 aromatic heterocycles. The van der Waals surface area contributed by atoms with E-state index in [2.05, 4.69) is 74.6 Å². The van der Waals surface area contributed by atoms with Gasteiger partial charge in [0.2, 0.25) is 0 Å². The Kier molecular flexibility index (Phi) is 68.5. The molecule has 0 radical (unpaired) electrons. The van der Waals surface area contributed by atoms with Crippen LogP contribution in [0.5, 0.6) is 0 Å². The molecule has 0 aromatic rings. The number of carbonyl (C=O) groups excluding carboxylic acids is 2. The predicted molar refractivity (Wildman–Crippen MR) is 383 cm³/mol. The third kappa shape index (κ3) is 72.3. The SMILES string of the molecule is CC/C=C\C/C=C\C/C=C\C/C=C\C/C=C\CCCCCCCCCCCCCCCC(=O)OC(COC(=O)CCCCCCCCCCCCCCCCCCCCCCCCCCCCCCCCCCCCC)COC(OCC[N+](C)(C)C)C(=O)O. The molecule has 0 saturated heterocycles. The third-order valence-electron chi connectivity index (χ3n) is 17.3. The van der Waals surface area contributed by atoms with Gasteiger partial charge in [0.05, 0.1) is 34.4 Å². The predicted octanol–water partition coefficient (Wildman–Crippen LogP) is 24.3. The van der Waals surface area contributed by atoms with Gasteiger partial charge >= 0.3 is 17.9 Å². The molecule has 0 heterocycles. The lowest BCUT2D eigenvalue weighted by atomic mass is 10.0. The molecule has 0 aliphatic heterocycles. The number of unbranched alkanes of at least 4 members (excludes halogenated alkanes) is 47. The molecule has 0 fully saturated rings. The van der Waals surface area contributed by atoms with Gasteiger partial charge in [0, 0.05) is 12.8 Å². The van der Waals surface area contributed by atoms with Crippen molar-refractivity contribution in [2.24, 2.45) is 0 Å². The first-order valence-electron chi connectivity index (χ1n) is 38.5. The normalized spacial score (nSPS) is 13.0. The standard InChI is InChI=1S/C80H147NO8/c1-6-8-10-12-14-16-18-20-22-24-26-28-30-32-34-36-37-38-39-40-41-43-44-46-48-50-52-54-56-58-60-62-64-66-68-70-77(82)87-74-76(75-88-80(79(84)85)86-73-72-81(3,4)5)89-78(83)71-69-67-65-63-61-59-57-55-53-51-49-47-45-42-35-33-31-29-27-25-23-21-19-17-15-13-11-9-7-2/h9,11,15,17,21,23,27,29,33,35,76,80H,6-8,10,12-14,16,18-20,22,24-26,28,30-32,34,36-75H2,1-5H3/p+1/b11-9-,17-15-,23-21-,29-27-,35-33-. The van der Waals surface area contributed by atoms with Crippen LogP contribution < -0.4 is 0 Å². The quantitative estimate of drug-likeness (QED) is 0.0211. The molecular weight excluding hydrogens is 1100 g/mol. The van der Waals surface area contributed by atoms with Crippen molar-refractivity contribution in [3.05, 3.63) is 60.8 Å². The number of nitrogens with zero attached hydrogens (tertiary/aromatic N) is 1. The van der Waals surface area contributed by atoms with Crippen LogP contribution in [0, 0.1) is 0 Å². The number of allylic oxidation sites excluding steroid dienone is 10. The van der Waals surface area contributed by atoms with Crippen molar-refractivity contribution in [3.8, 4) is 0 Å². The van der Waals surface area contributed by atoms with E-state index in [-0.39, 0.29) is 32.2 Å². The number of carbonyl (C=O) groups is 3. The summed E-state index contributed by atoms with van der Waals surface area (Å²) >= 11 is 0. The maximum absolute atomic E-state index is 13.0. The van der Waals surface area contributed by atoms with Gasteiger partial charge < -0.3 is 28.5 Å². The summed E-state index contributed by atoms with van der Waals surface area (Å²) in [7, 11) is 5.99. The van der Waals surface area contributed by atoms with E-state index in [9.17, 15) is 19.5 Å². The highest BCUT2D eigenvalue weighted by Crippen LogP contribution is 2.19. The average molecular weight is 1250 g/mol. The van der Waals surface area contributed by atoms with Gasteiger partial charge in [-0.25, -0.2) is 4.79 Å². The van der Waals surface area contributed by atoms with Crippen molar-refractivity contribution in [2.75, 3.05) is 47.5 Å². The van der Waals surface area contributed by atoms with Crippen LogP contribution in [0.2, 0.25) is 0 Å². The fourth-order valence-corrected chi connectivity index (χ4v) is 11.5. The molecule has 0 aliphatic rings. The first-order chi connectivity index (χ1) is 43.6. The van der Waals surface area contributed by atoms with E-state index in [1.54, 1.807) is 0 Å². The number of quaternary nitrogens is 1. The van der Waals surface area contributed by atoms with Crippen LogP contribution in [0.3, 0.4) is 0 Å². The summed E-state index contributed by atoms with van der Waals surface area (Å²) in [5.41, 5.74) is 0. The maximum atomic E-state index is 13.0. The van der Waals surface area contributed by atoms with Gasteiger partial charge in [-0.2, -0.15) is 0 Å². The van der Waals surface area contributed by atoms with Crippen LogP contribution >= 0.6 is 0 Å². The van der Waals surface area contributed by atoms with E-state index in [0.29, 0.717) is 17.4 Å². The number of carboxylic acids is 1. The summed E-state index contributed by atoms with van der Waals surface area (Å²) < 4.78 is 23.0. The number of ether oxygens (including phenoxy) is 4. The largest absolute Gasteiger partial charge is 0.477 e. The minimum absolute atomic E-state index is 0.179. The number of likely N-dealkylation sites (N-methyl/N-ethyl adjacent to an activating group) is 1. The van der Waals surface area contributed by atoms with Gasteiger partial charge in [-0.05, 0) is 57.8 Å². The smallest absolute Gasteiger partial charge is 0.361 e. The second-order valence-corrected chi connectivity index (χ2v) is 27.3. The molecular formula is C80H148NO8+. The van der Waals surface area contributed by atoms with E-state index < -0.39 is 24.3 Å². The minimum Gasteiger partial charge on any atom is -0.477 e. The highest BCUT2D eigenvalue weighted by Gasteiger charge is 2.25. The summed E-state index contributed by atoms with van der Waals surface area (Å²) in [5, 5.41) is 9.76. The number of hydrogen-bond donors (Lipinski definition) is 1. The van der Waals surface area contributed by atoms with Crippen LogP contribution in [0.1, 0.15) is 373 Å². The zero-order valence-electron chi connectivity index (χ0n) is 59.6. The third-order valence-corrected chi connectivity index (χ3v) is 17.3. The van der Waals surface area contributed by atoms with Crippen LogP contribution in [-0.4, -0.2) is 87.4 Å². The zero-order chi connectivity index (χ0) is 64.7. The molecule has 1 N–H and O–H groups in total. The van der Waals surface area contributed by atoms with Crippen LogP contribution in [-0.2, 0) is 33.3 Å². The van der Waals surface area contributed by atoms with E-state index in [0.717, 1.165) is 70.6 Å². The van der Waals surface area contributed by atoms with E-state index in [1.807, 2.05) is 21.1 Å². The van der Waals surface area contributed by atoms with Crippen LogP contribution in [0.15, 0.2) is 60.8 Å². The summed E-state index contributed by atoms with van der Waals surface area (Å²) in [6.45, 7) is 4.83. The van der Waals surface area contributed by atoms with E-state index in [1.165, 1.54) is 276 Å². The Morgan fingerprint density at radius 2 is 0.640 bits per heavy atom. The first kappa shape index (κ1) is 86.0. The number of aliphatic carboxylic acids is 1. The zero-order valence-corrected chi connectivity index (χ0v) is 59.6. The Balaban J connectivity index is 4.00. The molecule has 2 atom stereocenters. The summed E-state index contributed by atoms with van der Waals surface area (Å²) in [6.07, 6.45) is 90.8. The summed E-state index contributed by atoms with van der Waals surface area (Å²) in [6, 6.07) is 0. The minimum atomic E-state index is -1.51. The molecule has 0 aliphatic carbocycles. The van der Waals surface area contributed by atoms with Gasteiger partial charge in [0.25, 0.3) is 6.29 Å². The first-order valence-corrected chi connectivity index (χ1v) is 38.5. The van der Waals surface area contributed by atoms with Crippen LogP contribution in [0.25, 0.3) is 0 Å². The molecule has 0 bridgehead atoms. The fourth-order valence-electron chi connectivity index (χ4n) is 11.5. The topological polar surface area (TPSA) is 108 Å². The molecule has 520 valence electrons. The second kappa shape index (κ2) is 70.9. The summed E-state index contributed by atoms with van der Waals surface area (Å²) in [5.74, 6) is -1.98. The molecule has 0 saturated carbocycles. The lowest BCUT2D eigenvalue weighted by molar-refractivity contribution is -0.870. The van der Waals surface area contributed by atoms with Gasteiger partial charge in [-0.1, -0.05) is 364 Å². The van der Waals surface area contributed by atoms with Crippen molar-refractivity contribution >= 4 is 17.9 Å². The van der Waals surface area contributed by atoms with E-state index in [4.69, 9.17) is 18.9 Å². The highest BCUT2D eigenvalue weighted by atomic mass is 16.7.